The summed E-state index contributed by atoms with van der Waals surface area (Å²) in [4.78, 5) is 27.2. The van der Waals surface area contributed by atoms with Crippen molar-refractivity contribution in [3.63, 3.8) is 0 Å². The van der Waals surface area contributed by atoms with Crippen LogP contribution in [0.2, 0.25) is 0 Å². The molecule has 0 bridgehead atoms. The molecule has 0 saturated heterocycles. The van der Waals surface area contributed by atoms with Crippen molar-refractivity contribution in [1.82, 2.24) is 19.8 Å². The Morgan fingerprint density at radius 2 is 1.67 bits per heavy atom. The standard InChI is InChI=1S/C26H36N4O5S/c1-17-12-23(31)13-18(2)26(17)36(34,35)30(5)16-25(33)27-15-24(32)28-19(3)21-7-6-20-8-10-29(4)11-9-22(20)14-21/h6-7,12-14,19,31H,8-11,15-16H2,1-5H3,(H,27,33)(H,28,32). The lowest BCUT2D eigenvalue weighted by Crippen LogP contribution is -2.43. The van der Waals surface area contributed by atoms with E-state index in [-0.39, 0.29) is 29.1 Å². The summed E-state index contributed by atoms with van der Waals surface area (Å²) in [6.45, 7) is 6.40. The Morgan fingerprint density at radius 3 is 2.31 bits per heavy atom. The molecule has 2 aromatic rings. The van der Waals surface area contributed by atoms with Crippen LogP contribution in [0.15, 0.2) is 35.2 Å². The zero-order valence-electron chi connectivity index (χ0n) is 21.6. The maximum atomic E-state index is 13.0. The summed E-state index contributed by atoms with van der Waals surface area (Å²) in [7, 11) is -0.540. The highest BCUT2D eigenvalue weighted by molar-refractivity contribution is 7.89. The first-order valence-corrected chi connectivity index (χ1v) is 13.5. The summed E-state index contributed by atoms with van der Waals surface area (Å²) in [5.41, 5.74) is 4.42. The summed E-state index contributed by atoms with van der Waals surface area (Å²) >= 11 is 0. The van der Waals surface area contributed by atoms with Crippen LogP contribution in [0.5, 0.6) is 5.75 Å². The van der Waals surface area contributed by atoms with Crippen molar-refractivity contribution in [1.29, 1.82) is 0 Å². The zero-order valence-corrected chi connectivity index (χ0v) is 22.4. The summed E-state index contributed by atoms with van der Waals surface area (Å²) in [6, 6.07) is 8.79. The first-order chi connectivity index (χ1) is 16.9. The molecular formula is C26H36N4O5S. The minimum atomic E-state index is -3.96. The lowest BCUT2D eigenvalue weighted by Gasteiger charge is -2.20. The van der Waals surface area contributed by atoms with Crippen molar-refractivity contribution >= 4 is 21.8 Å². The number of aromatic hydroxyl groups is 1. The highest BCUT2D eigenvalue weighted by atomic mass is 32.2. The SMILES string of the molecule is Cc1cc(O)cc(C)c1S(=O)(=O)N(C)CC(=O)NCC(=O)NC(C)c1ccc2c(c1)CCN(C)CC2. The molecule has 0 fully saturated rings. The van der Waals surface area contributed by atoms with E-state index in [4.69, 9.17) is 0 Å². The number of carbonyl (C=O) groups is 2. The van der Waals surface area contributed by atoms with Gasteiger partial charge < -0.3 is 20.6 Å². The molecule has 1 aliphatic rings. The number of rotatable bonds is 8. The zero-order chi connectivity index (χ0) is 26.6. The number of phenolic OH excluding ortho intramolecular Hbond substituents is 1. The fourth-order valence-corrected chi connectivity index (χ4v) is 6.04. The molecule has 1 unspecified atom stereocenters. The van der Waals surface area contributed by atoms with Gasteiger partial charge in [0.25, 0.3) is 0 Å². The quantitative estimate of drug-likeness (QED) is 0.491. The number of hydrogen-bond acceptors (Lipinski definition) is 6. The van der Waals surface area contributed by atoms with E-state index in [9.17, 15) is 23.1 Å². The van der Waals surface area contributed by atoms with Crippen LogP contribution < -0.4 is 10.6 Å². The van der Waals surface area contributed by atoms with Crippen LogP contribution in [0, 0.1) is 13.8 Å². The van der Waals surface area contributed by atoms with Crippen LogP contribution in [-0.2, 0) is 32.5 Å². The predicted octanol–water partition coefficient (Wildman–Crippen LogP) is 1.65. The van der Waals surface area contributed by atoms with E-state index in [1.54, 1.807) is 13.8 Å². The molecule has 3 rings (SSSR count). The number of amides is 2. The van der Waals surface area contributed by atoms with E-state index in [0.717, 1.165) is 35.8 Å². The number of benzene rings is 2. The second-order valence-corrected chi connectivity index (χ2v) is 11.5. The summed E-state index contributed by atoms with van der Waals surface area (Å²) in [5.74, 6) is -0.976. The van der Waals surface area contributed by atoms with E-state index in [0.29, 0.717) is 11.1 Å². The summed E-state index contributed by atoms with van der Waals surface area (Å²) in [6.07, 6.45) is 1.98. The number of phenols is 1. The average molecular weight is 517 g/mol. The van der Waals surface area contributed by atoms with Gasteiger partial charge in [-0.2, -0.15) is 4.31 Å². The predicted molar refractivity (Wildman–Crippen MR) is 138 cm³/mol. The van der Waals surface area contributed by atoms with Crippen molar-refractivity contribution in [2.24, 2.45) is 0 Å². The van der Waals surface area contributed by atoms with Gasteiger partial charge in [-0.1, -0.05) is 18.2 Å². The number of likely N-dealkylation sites (N-methyl/N-ethyl adjacent to an activating group) is 2. The monoisotopic (exact) mass is 516 g/mol. The minimum absolute atomic E-state index is 0.0249. The average Bonchev–Trinajstić information content (AvgIpc) is 2.97. The fraction of sp³-hybridized carbons (Fsp3) is 0.462. The van der Waals surface area contributed by atoms with E-state index >= 15 is 0 Å². The Labute approximate surface area is 213 Å². The fourth-order valence-electron chi connectivity index (χ4n) is 4.51. The van der Waals surface area contributed by atoms with Crippen LogP contribution in [0.1, 0.15) is 40.8 Å². The molecule has 0 spiro atoms. The van der Waals surface area contributed by atoms with E-state index < -0.39 is 22.5 Å². The number of sulfonamides is 1. The lowest BCUT2D eigenvalue weighted by atomic mass is 9.97. The Morgan fingerprint density at radius 1 is 1.06 bits per heavy atom. The highest BCUT2D eigenvalue weighted by Gasteiger charge is 2.27. The van der Waals surface area contributed by atoms with Crippen molar-refractivity contribution in [2.45, 2.75) is 44.6 Å². The van der Waals surface area contributed by atoms with Crippen LogP contribution in [0.25, 0.3) is 0 Å². The Hall–Kier alpha value is -2.95. The molecular weight excluding hydrogens is 480 g/mol. The molecule has 0 radical (unpaired) electrons. The van der Waals surface area contributed by atoms with Crippen molar-refractivity contribution in [3.8, 4) is 5.75 Å². The largest absolute Gasteiger partial charge is 0.508 e. The van der Waals surface area contributed by atoms with E-state index in [1.165, 1.54) is 30.3 Å². The molecule has 9 nitrogen and oxygen atoms in total. The maximum absolute atomic E-state index is 13.0. The number of nitrogens with zero attached hydrogens (tertiary/aromatic N) is 2. The van der Waals surface area contributed by atoms with Crippen LogP contribution in [-0.4, -0.2) is 74.8 Å². The minimum Gasteiger partial charge on any atom is -0.508 e. The van der Waals surface area contributed by atoms with Crippen molar-refractivity contribution in [3.05, 3.63) is 58.1 Å². The molecule has 2 aromatic carbocycles. The number of aryl methyl sites for hydroxylation is 2. The summed E-state index contributed by atoms with van der Waals surface area (Å²) < 4.78 is 26.9. The Kier molecular flexibility index (Phi) is 8.76. The first kappa shape index (κ1) is 27.6. The second kappa shape index (κ2) is 11.4. The van der Waals surface area contributed by atoms with Gasteiger partial charge in [-0.3, -0.25) is 9.59 Å². The van der Waals surface area contributed by atoms with Gasteiger partial charge >= 0.3 is 0 Å². The van der Waals surface area contributed by atoms with Gasteiger partial charge in [0.05, 0.1) is 24.0 Å². The molecule has 36 heavy (non-hydrogen) atoms. The van der Waals surface area contributed by atoms with Gasteiger partial charge in [0.15, 0.2) is 0 Å². The van der Waals surface area contributed by atoms with Gasteiger partial charge in [-0.15, -0.1) is 0 Å². The number of nitrogens with one attached hydrogen (secondary N) is 2. The third-order valence-electron chi connectivity index (χ3n) is 6.56. The lowest BCUT2D eigenvalue weighted by molar-refractivity contribution is -0.126. The number of hydrogen-bond donors (Lipinski definition) is 3. The summed E-state index contributed by atoms with van der Waals surface area (Å²) in [5, 5.41) is 15.1. The van der Waals surface area contributed by atoms with Crippen molar-refractivity contribution < 1.29 is 23.1 Å². The Balaban J connectivity index is 1.54. The van der Waals surface area contributed by atoms with Gasteiger partial charge in [-0.25, -0.2) is 8.42 Å². The molecule has 10 heteroatoms. The van der Waals surface area contributed by atoms with Gasteiger partial charge in [-0.05, 0) is 80.6 Å². The first-order valence-electron chi connectivity index (χ1n) is 12.0. The van der Waals surface area contributed by atoms with E-state index in [1.807, 2.05) is 13.0 Å². The van der Waals surface area contributed by atoms with E-state index in [2.05, 4.69) is 34.7 Å². The molecule has 1 heterocycles. The molecule has 196 valence electrons. The third kappa shape index (κ3) is 6.63. The number of fused-ring (bicyclic) bond motifs is 1. The number of carbonyl (C=O) groups excluding carboxylic acids is 2. The van der Waals surface area contributed by atoms with Crippen molar-refractivity contribution in [2.75, 3.05) is 40.3 Å². The van der Waals surface area contributed by atoms with Crippen LogP contribution in [0.4, 0.5) is 0 Å². The smallest absolute Gasteiger partial charge is 0.243 e. The van der Waals surface area contributed by atoms with Gasteiger partial charge in [0.2, 0.25) is 21.8 Å². The third-order valence-corrected chi connectivity index (χ3v) is 8.67. The van der Waals surface area contributed by atoms with Crippen LogP contribution in [0.3, 0.4) is 0 Å². The normalized spacial score (nSPS) is 15.2. The molecule has 1 atom stereocenters. The molecule has 1 aliphatic heterocycles. The maximum Gasteiger partial charge on any atom is 0.243 e. The Bertz CT molecular complexity index is 1220. The molecule has 0 aromatic heterocycles. The topological polar surface area (TPSA) is 119 Å². The second-order valence-electron chi connectivity index (χ2n) is 9.57. The molecule has 0 saturated carbocycles. The molecule has 2 amide bonds. The van der Waals surface area contributed by atoms with Gasteiger partial charge in [0.1, 0.15) is 5.75 Å². The molecule has 3 N–H and O–H groups in total. The van der Waals surface area contributed by atoms with Gasteiger partial charge in [0, 0.05) is 20.1 Å². The highest BCUT2D eigenvalue weighted by Crippen LogP contribution is 2.27. The molecule has 0 aliphatic carbocycles. The van der Waals surface area contributed by atoms with Crippen LogP contribution >= 0.6 is 0 Å².